The van der Waals surface area contributed by atoms with Gasteiger partial charge in [-0.05, 0) is 13.3 Å². The van der Waals surface area contributed by atoms with Gasteiger partial charge in [0.05, 0.1) is 11.5 Å². The van der Waals surface area contributed by atoms with E-state index in [2.05, 4.69) is 53.2 Å². The fourth-order valence-electron chi connectivity index (χ4n) is 3.64. The minimum atomic E-state index is -0.281. The van der Waals surface area contributed by atoms with E-state index in [0.717, 1.165) is 26.2 Å². The first-order valence-corrected chi connectivity index (χ1v) is 13.1. The Hall–Kier alpha value is -2.78. The molecule has 0 aromatic carbocycles. The Morgan fingerprint density at radius 2 is 1.89 bits per heavy atom. The second-order valence-corrected chi connectivity index (χ2v) is 9.42. The molecule has 35 heavy (non-hydrogen) atoms. The highest BCUT2D eigenvalue weighted by Gasteiger charge is 2.21. The SMILES string of the molecule is CCc1nc(Nc2nc(COC3C=CC=CC3Cl)nc(SC)c2C#N)nc(N2CCN(C)CC2)n1. The molecule has 0 bridgehead atoms. The number of allylic oxidation sites excluding steroid dienone is 2. The van der Waals surface area contributed by atoms with Crippen LogP contribution >= 0.6 is 23.4 Å². The van der Waals surface area contributed by atoms with Crippen LogP contribution in [0.4, 0.5) is 17.7 Å². The largest absolute Gasteiger partial charge is 0.364 e. The Bertz CT molecular complexity index is 1140. The summed E-state index contributed by atoms with van der Waals surface area (Å²) in [5, 5.41) is 13.3. The average molecular weight is 514 g/mol. The number of nitrogens with zero attached hydrogens (tertiary/aromatic N) is 8. The molecule has 1 fully saturated rings. The Kier molecular flexibility index (Phi) is 8.51. The van der Waals surface area contributed by atoms with Gasteiger partial charge < -0.3 is 19.9 Å². The number of piperazine rings is 1. The molecule has 4 rings (SSSR count). The van der Waals surface area contributed by atoms with Crippen molar-refractivity contribution in [3.05, 3.63) is 41.5 Å². The third-order valence-corrected chi connectivity index (χ3v) is 6.73. The third-order valence-electron chi connectivity index (χ3n) is 5.66. The number of ether oxygens (including phenoxy) is 1. The van der Waals surface area contributed by atoms with Gasteiger partial charge in [-0.3, -0.25) is 0 Å². The van der Waals surface area contributed by atoms with Gasteiger partial charge in [0.1, 0.15) is 29.1 Å². The summed E-state index contributed by atoms with van der Waals surface area (Å²) >= 11 is 7.68. The lowest BCUT2D eigenvalue weighted by Crippen LogP contribution is -2.45. The van der Waals surface area contributed by atoms with Crippen molar-refractivity contribution >= 4 is 41.1 Å². The van der Waals surface area contributed by atoms with Crippen molar-refractivity contribution in [3.63, 3.8) is 0 Å². The summed E-state index contributed by atoms with van der Waals surface area (Å²) in [6, 6.07) is 2.21. The van der Waals surface area contributed by atoms with Crippen molar-refractivity contribution in [1.82, 2.24) is 29.8 Å². The van der Waals surface area contributed by atoms with E-state index in [9.17, 15) is 5.26 Å². The molecule has 2 aromatic heterocycles. The van der Waals surface area contributed by atoms with Gasteiger partial charge in [-0.2, -0.15) is 20.2 Å². The molecule has 10 nitrogen and oxygen atoms in total. The number of rotatable bonds is 8. The molecule has 0 saturated carbocycles. The van der Waals surface area contributed by atoms with E-state index in [4.69, 9.17) is 16.3 Å². The number of nitriles is 1. The average Bonchev–Trinajstić information content (AvgIpc) is 2.88. The Morgan fingerprint density at radius 1 is 1.11 bits per heavy atom. The fraction of sp³-hybridized carbons (Fsp3) is 0.478. The minimum Gasteiger partial charge on any atom is -0.364 e. The van der Waals surface area contributed by atoms with E-state index in [1.165, 1.54) is 11.8 Å². The molecule has 0 radical (unpaired) electrons. The van der Waals surface area contributed by atoms with E-state index in [0.29, 0.717) is 46.4 Å². The molecule has 2 aromatic rings. The quantitative estimate of drug-likeness (QED) is 0.319. The van der Waals surface area contributed by atoms with E-state index in [-0.39, 0.29) is 18.1 Å². The van der Waals surface area contributed by atoms with E-state index >= 15 is 0 Å². The monoisotopic (exact) mass is 513 g/mol. The molecule has 1 aliphatic carbocycles. The van der Waals surface area contributed by atoms with Crippen molar-refractivity contribution in [2.75, 3.05) is 49.7 Å². The van der Waals surface area contributed by atoms with Crippen LogP contribution in [0.1, 0.15) is 24.1 Å². The van der Waals surface area contributed by atoms with Crippen LogP contribution in [-0.4, -0.2) is 80.8 Å². The molecule has 2 unspecified atom stereocenters. The number of hydrogen-bond donors (Lipinski definition) is 1. The maximum atomic E-state index is 9.84. The van der Waals surface area contributed by atoms with Crippen LogP contribution in [0.15, 0.2) is 29.3 Å². The zero-order chi connectivity index (χ0) is 24.8. The van der Waals surface area contributed by atoms with Gasteiger partial charge in [0.25, 0.3) is 0 Å². The van der Waals surface area contributed by atoms with Crippen LogP contribution in [0.3, 0.4) is 0 Å². The van der Waals surface area contributed by atoms with E-state index in [1.807, 2.05) is 37.5 Å². The number of thioether (sulfide) groups is 1. The highest BCUT2D eigenvalue weighted by Crippen LogP contribution is 2.26. The lowest BCUT2D eigenvalue weighted by atomic mass is 10.1. The van der Waals surface area contributed by atoms with Crippen molar-refractivity contribution in [2.45, 2.75) is 36.5 Å². The third kappa shape index (κ3) is 6.27. The summed E-state index contributed by atoms with van der Waals surface area (Å²) in [5.74, 6) is 2.42. The first-order valence-electron chi connectivity index (χ1n) is 11.4. The van der Waals surface area contributed by atoms with Crippen molar-refractivity contribution < 1.29 is 4.74 Å². The summed E-state index contributed by atoms with van der Waals surface area (Å²) in [6.07, 6.45) is 9.79. The van der Waals surface area contributed by atoms with E-state index < -0.39 is 0 Å². The minimum absolute atomic E-state index is 0.143. The summed E-state index contributed by atoms with van der Waals surface area (Å²) in [5.41, 5.74) is 0.330. The first-order chi connectivity index (χ1) is 17.0. The van der Waals surface area contributed by atoms with Crippen LogP contribution in [-0.2, 0) is 17.8 Å². The number of anilines is 3. The molecule has 2 atom stereocenters. The Labute approximate surface area is 214 Å². The molecule has 2 aliphatic rings. The van der Waals surface area contributed by atoms with Crippen molar-refractivity contribution in [1.29, 1.82) is 5.26 Å². The predicted molar refractivity (Wildman–Crippen MR) is 137 cm³/mol. The zero-order valence-corrected chi connectivity index (χ0v) is 21.6. The lowest BCUT2D eigenvalue weighted by molar-refractivity contribution is 0.0705. The van der Waals surface area contributed by atoms with Crippen LogP contribution < -0.4 is 10.2 Å². The van der Waals surface area contributed by atoms with Crippen LogP contribution in [0, 0.1) is 11.3 Å². The Balaban J connectivity index is 1.60. The summed E-state index contributed by atoms with van der Waals surface area (Å²) in [4.78, 5) is 27.3. The molecular weight excluding hydrogens is 486 g/mol. The molecule has 0 amide bonds. The highest BCUT2D eigenvalue weighted by molar-refractivity contribution is 7.98. The molecule has 1 N–H and O–H groups in total. The molecule has 184 valence electrons. The molecule has 1 aliphatic heterocycles. The maximum absolute atomic E-state index is 9.84. The van der Waals surface area contributed by atoms with Crippen LogP contribution in [0.5, 0.6) is 0 Å². The number of hydrogen-bond acceptors (Lipinski definition) is 11. The van der Waals surface area contributed by atoms with Gasteiger partial charge in [-0.25, -0.2) is 9.97 Å². The number of halogens is 1. The first kappa shape index (κ1) is 25.3. The summed E-state index contributed by atoms with van der Waals surface area (Å²) in [6.45, 7) is 5.70. The number of aromatic nitrogens is 5. The molecule has 12 heteroatoms. The van der Waals surface area contributed by atoms with Crippen LogP contribution in [0.25, 0.3) is 0 Å². The van der Waals surface area contributed by atoms with Gasteiger partial charge in [0.15, 0.2) is 11.6 Å². The number of likely N-dealkylation sites (N-methyl/N-ethyl adjacent to an activating group) is 1. The molecule has 3 heterocycles. The normalized spacial score (nSPS) is 20.1. The second-order valence-electron chi connectivity index (χ2n) is 8.12. The summed E-state index contributed by atoms with van der Waals surface area (Å²) in [7, 11) is 2.10. The Morgan fingerprint density at radius 3 is 2.57 bits per heavy atom. The van der Waals surface area contributed by atoms with Crippen molar-refractivity contribution in [3.8, 4) is 6.07 Å². The summed E-state index contributed by atoms with van der Waals surface area (Å²) < 4.78 is 5.94. The van der Waals surface area contributed by atoms with Crippen molar-refractivity contribution in [2.24, 2.45) is 0 Å². The zero-order valence-electron chi connectivity index (χ0n) is 20.0. The lowest BCUT2D eigenvalue weighted by Gasteiger charge is -2.32. The van der Waals surface area contributed by atoms with Gasteiger partial charge >= 0.3 is 0 Å². The second kappa shape index (κ2) is 11.8. The standard InChI is InChI=1S/C23H28ClN9OS/c1-4-18-28-22(31-23(29-18)33-11-9-32(2)10-12-33)30-20-15(13-25)21(35-3)27-19(26-20)14-34-17-8-6-5-7-16(17)24/h5-8,16-17H,4,9-12,14H2,1-3H3,(H,26,27,28,29,30,31). The van der Waals surface area contributed by atoms with Gasteiger partial charge in [0.2, 0.25) is 11.9 Å². The molecule has 0 spiro atoms. The number of aryl methyl sites for hydroxylation is 1. The number of nitrogens with one attached hydrogen (secondary N) is 1. The fourth-order valence-corrected chi connectivity index (χ4v) is 4.42. The molecular formula is C23H28ClN9OS. The van der Waals surface area contributed by atoms with Gasteiger partial charge in [0, 0.05) is 32.6 Å². The van der Waals surface area contributed by atoms with E-state index in [1.54, 1.807) is 0 Å². The van der Waals surface area contributed by atoms with Gasteiger partial charge in [-0.1, -0.05) is 31.2 Å². The highest BCUT2D eigenvalue weighted by atomic mass is 35.5. The number of alkyl halides is 1. The molecule has 1 saturated heterocycles. The van der Waals surface area contributed by atoms with Gasteiger partial charge in [-0.15, -0.1) is 23.4 Å². The predicted octanol–water partition coefficient (Wildman–Crippen LogP) is 2.93. The van der Waals surface area contributed by atoms with Crippen LogP contribution in [0.2, 0.25) is 0 Å². The maximum Gasteiger partial charge on any atom is 0.233 e. The smallest absolute Gasteiger partial charge is 0.233 e. The topological polar surface area (TPSA) is 116 Å².